The van der Waals surface area contributed by atoms with Gasteiger partial charge in [0.1, 0.15) is 0 Å². The molecule has 98 valence electrons. The summed E-state index contributed by atoms with van der Waals surface area (Å²) in [6.07, 6.45) is 3.24. The van der Waals surface area contributed by atoms with E-state index in [0.717, 1.165) is 30.6 Å². The van der Waals surface area contributed by atoms with Crippen molar-refractivity contribution < 1.29 is 4.92 Å². The molecule has 19 heavy (non-hydrogen) atoms. The molecular weight excluding hydrogens is 242 g/mol. The minimum atomic E-state index is -0.423. The molecule has 0 saturated carbocycles. The first-order valence-corrected chi connectivity index (χ1v) is 6.14. The molecule has 0 spiro atoms. The zero-order valence-electron chi connectivity index (χ0n) is 10.8. The predicted octanol–water partition coefficient (Wildman–Crippen LogP) is 2.38. The van der Waals surface area contributed by atoms with E-state index >= 15 is 0 Å². The Hall–Kier alpha value is -2.19. The maximum Gasteiger partial charge on any atom is 0.269 e. The first-order valence-electron chi connectivity index (χ1n) is 6.14. The topological polar surface area (TPSA) is 70.2 Å². The second-order valence-electron chi connectivity index (χ2n) is 4.68. The van der Waals surface area contributed by atoms with E-state index in [-0.39, 0.29) is 12.1 Å². The number of rotatable bonds is 3. The van der Waals surface area contributed by atoms with Crippen molar-refractivity contribution >= 4 is 11.3 Å². The van der Waals surface area contributed by atoms with Gasteiger partial charge in [-0.05, 0) is 36.2 Å². The van der Waals surface area contributed by atoms with Crippen LogP contribution in [0.4, 0.5) is 5.69 Å². The molecule has 0 saturated heterocycles. The molecule has 0 N–H and O–H groups in total. The number of hydrogen-bond donors (Lipinski definition) is 0. The van der Waals surface area contributed by atoms with Gasteiger partial charge in [0.15, 0.2) is 0 Å². The number of nitro benzene ring substituents is 1. The van der Waals surface area contributed by atoms with Crippen molar-refractivity contribution in [3.8, 4) is 6.07 Å². The lowest BCUT2D eigenvalue weighted by Crippen LogP contribution is -2.23. The fourth-order valence-corrected chi connectivity index (χ4v) is 2.25. The molecule has 0 bridgehead atoms. The summed E-state index contributed by atoms with van der Waals surface area (Å²) in [6, 6.07) is 6.86. The Balaban J connectivity index is 2.40. The van der Waals surface area contributed by atoms with E-state index in [2.05, 4.69) is 24.1 Å². The van der Waals surface area contributed by atoms with Crippen LogP contribution in [0.5, 0.6) is 0 Å². The minimum Gasteiger partial charge on any atom is -0.302 e. The molecule has 1 aliphatic heterocycles. The molecule has 5 heteroatoms. The van der Waals surface area contributed by atoms with Gasteiger partial charge in [-0.1, -0.05) is 6.08 Å². The van der Waals surface area contributed by atoms with Crippen molar-refractivity contribution in [2.45, 2.75) is 12.8 Å². The molecule has 0 unspecified atom stereocenters. The zero-order chi connectivity index (χ0) is 13.8. The third-order valence-electron chi connectivity index (χ3n) is 3.33. The Morgan fingerprint density at radius 3 is 2.89 bits per heavy atom. The van der Waals surface area contributed by atoms with Gasteiger partial charge in [0.2, 0.25) is 0 Å². The predicted molar refractivity (Wildman–Crippen MR) is 72.5 cm³/mol. The van der Waals surface area contributed by atoms with Crippen molar-refractivity contribution in [1.29, 1.82) is 5.26 Å². The molecular formula is C14H15N3O2. The van der Waals surface area contributed by atoms with Crippen LogP contribution in [0, 0.1) is 21.4 Å². The van der Waals surface area contributed by atoms with Gasteiger partial charge in [0.25, 0.3) is 5.69 Å². The van der Waals surface area contributed by atoms with Crippen molar-refractivity contribution in [2.75, 3.05) is 20.1 Å². The van der Waals surface area contributed by atoms with Gasteiger partial charge >= 0.3 is 0 Å². The lowest BCUT2D eigenvalue weighted by atomic mass is 9.93. The molecule has 0 radical (unpaired) electrons. The lowest BCUT2D eigenvalue weighted by Gasteiger charge is -2.23. The standard InChI is InChI=1S/C14H15N3O2/c1-16-8-5-11(6-9-16)14-3-2-13(17(18)19)10-12(14)4-7-15/h2-3,5,10H,4,6,8-9H2,1H3. The number of nitro groups is 1. The van der Waals surface area contributed by atoms with E-state index in [9.17, 15) is 10.1 Å². The van der Waals surface area contributed by atoms with Crippen LogP contribution in [0.2, 0.25) is 0 Å². The average Bonchev–Trinajstić information content (AvgIpc) is 2.40. The molecule has 1 aliphatic rings. The van der Waals surface area contributed by atoms with Crippen molar-refractivity contribution in [1.82, 2.24) is 4.90 Å². The second kappa shape index (κ2) is 5.63. The van der Waals surface area contributed by atoms with Crippen LogP contribution >= 0.6 is 0 Å². The van der Waals surface area contributed by atoms with Crippen LogP contribution in [-0.4, -0.2) is 30.0 Å². The smallest absolute Gasteiger partial charge is 0.269 e. The van der Waals surface area contributed by atoms with Crippen LogP contribution < -0.4 is 0 Å². The number of hydrogen-bond acceptors (Lipinski definition) is 4. The molecule has 1 aromatic rings. The highest BCUT2D eigenvalue weighted by Crippen LogP contribution is 2.28. The van der Waals surface area contributed by atoms with Crippen LogP contribution in [0.3, 0.4) is 0 Å². The molecule has 0 aromatic heterocycles. The summed E-state index contributed by atoms with van der Waals surface area (Å²) < 4.78 is 0. The van der Waals surface area contributed by atoms with E-state index in [4.69, 9.17) is 5.26 Å². The first kappa shape index (κ1) is 13.2. The molecule has 1 heterocycles. The van der Waals surface area contributed by atoms with Crippen molar-refractivity contribution in [3.05, 3.63) is 45.5 Å². The highest BCUT2D eigenvalue weighted by Gasteiger charge is 2.16. The third kappa shape index (κ3) is 2.98. The van der Waals surface area contributed by atoms with Crippen LogP contribution in [-0.2, 0) is 6.42 Å². The summed E-state index contributed by atoms with van der Waals surface area (Å²) in [4.78, 5) is 12.6. The average molecular weight is 257 g/mol. The van der Waals surface area contributed by atoms with Gasteiger partial charge in [-0.25, -0.2) is 0 Å². The number of benzene rings is 1. The molecule has 0 atom stereocenters. The largest absolute Gasteiger partial charge is 0.302 e. The second-order valence-corrected chi connectivity index (χ2v) is 4.68. The minimum absolute atomic E-state index is 0.0440. The van der Waals surface area contributed by atoms with Crippen LogP contribution in [0.25, 0.3) is 5.57 Å². The SMILES string of the molecule is CN1CC=C(c2ccc([N+](=O)[O-])cc2CC#N)CC1. The third-order valence-corrected chi connectivity index (χ3v) is 3.33. The summed E-state index contributed by atoms with van der Waals surface area (Å²) in [7, 11) is 2.05. The molecule has 2 rings (SSSR count). The van der Waals surface area contributed by atoms with Crippen LogP contribution in [0.15, 0.2) is 24.3 Å². The maximum absolute atomic E-state index is 10.8. The Morgan fingerprint density at radius 2 is 2.32 bits per heavy atom. The fourth-order valence-electron chi connectivity index (χ4n) is 2.25. The van der Waals surface area contributed by atoms with E-state index in [0.29, 0.717) is 0 Å². The Labute approximate surface area is 111 Å². The van der Waals surface area contributed by atoms with Gasteiger partial charge in [0, 0.05) is 25.2 Å². The number of nitriles is 1. The lowest BCUT2D eigenvalue weighted by molar-refractivity contribution is -0.384. The maximum atomic E-state index is 10.8. The highest BCUT2D eigenvalue weighted by atomic mass is 16.6. The van der Waals surface area contributed by atoms with Gasteiger partial charge in [-0.15, -0.1) is 0 Å². The first-order chi connectivity index (χ1) is 9.11. The number of non-ortho nitro benzene ring substituents is 1. The van der Waals surface area contributed by atoms with E-state index in [1.165, 1.54) is 17.7 Å². The highest BCUT2D eigenvalue weighted by molar-refractivity contribution is 5.70. The van der Waals surface area contributed by atoms with Gasteiger partial charge in [0.05, 0.1) is 17.4 Å². The number of likely N-dealkylation sites (N-methyl/N-ethyl adjacent to an activating group) is 1. The van der Waals surface area contributed by atoms with Gasteiger partial charge in [-0.2, -0.15) is 5.26 Å². The summed E-state index contributed by atoms with van der Waals surface area (Å²) in [5, 5.41) is 19.7. The number of nitrogens with zero attached hydrogens (tertiary/aromatic N) is 3. The molecule has 5 nitrogen and oxygen atoms in total. The van der Waals surface area contributed by atoms with E-state index in [1.54, 1.807) is 6.07 Å². The summed E-state index contributed by atoms with van der Waals surface area (Å²) >= 11 is 0. The summed E-state index contributed by atoms with van der Waals surface area (Å²) in [6.45, 7) is 1.84. The Morgan fingerprint density at radius 1 is 1.53 bits per heavy atom. The fraction of sp³-hybridized carbons (Fsp3) is 0.357. The summed E-state index contributed by atoms with van der Waals surface area (Å²) in [5.41, 5.74) is 2.94. The quantitative estimate of drug-likeness (QED) is 0.615. The zero-order valence-corrected chi connectivity index (χ0v) is 10.8. The molecule has 0 aliphatic carbocycles. The Bertz CT molecular complexity index is 573. The van der Waals surface area contributed by atoms with Gasteiger partial charge in [-0.3, -0.25) is 10.1 Å². The van der Waals surface area contributed by atoms with Crippen molar-refractivity contribution in [2.24, 2.45) is 0 Å². The Kier molecular flexibility index (Phi) is 3.93. The molecule has 0 amide bonds. The summed E-state index contributed by atoms with van der Waals surface area (Å²) in [5.74, 6) is 0. The normalized spacial score (nSPS) is 15.7. The van der Waals surface area contributed by atoms with Crippen molar-refractivity contribution in [3.63, 3.8) is 0 Å². The van der Waals surface area contributed by atoms with E-state index in [1.807, 2.05) is 0 Å². The van der Waals surface area contributed by atoms with Crippen LogP contribution in [0.1, 0.15) is 17.5 Å². The van der Waals surface area contributed by atoms with E-state index < -0.39 is 4.92 Å². The van der Waals surface area contributed by atoms with Gasteiger partial charge < -0.3 is 4.90 Å². The molecule has 0 fully saturated rings. The monoisotopic (exact) mass is 257 g/mol. The molecule has 1 aromatic carbocycles.